The number of benzene rings is 1. The second-order valence-corrected chi connectivity index (χ2v) is 4.43. The van der Waals surface area contributed by atoms with Gasteiger partial charge in [0.05, 0.1) is 5.57 Å². The molecular formula is C15H17NO2. The molecule has 1 aliphatic rings. The van der Waals surface area contributed by atoms with Crippen LogP contribution in [0.15, 0.2) is 47.1 Å². The van der Waals surface area contributed by atoms with E-state index in [1.807, 2.05) is 37.3 Å². The van der Waals surface area contributed by atoms with Crippen molar-refractivity contribution in [3.8, 4) is 0 Å². The first-order chi connectivity index (χ1) is 8.75. The van der Waals surface area contributed by atoms with Gasteiger partial charge in [0.15, 0.2) is 0 Å². The zero-order valence-corrected chi connectivity index (χ0v) is 10.6. The van der Waals surface area contributed by atoms with Crippen LogP contribution >= 0.6 is 0 Å². The quantitative estimate of drug-likeness (QED) is 0.764. The van der Waals surface area contributed by atoms with E-state index in [4.69, 9.17) is 4.74 Å². The Hall–Kier alpha value is -1.90. The number of esters is 1. The molecule has 3 heteroatoms. The van der Waals surface area contributed by atoms with Crippen LogP contribution in [-0.4, -0.2) is 11.7 Å². The molecule has 0 radical (unpaired) electrons. The van der Waals surface area contributed by atoms with Gasteiger partial charge >= 0.3 is 5.97 Å². The third-order valence-electron chi connectivity index (χ3n) is 2.90. The van der Waals surface area contributed by atoms with E-state index in [0.717, 1.165) is 30.5 Å². The minimum Gasteiger partial charge on any atom is -0.457 e. The van der Waals surface area contributed by atoms with E-state index in [9.17, 15) is 4.79 Å². The van der Waals surface area contributed by atoms with Crippen molar-refractivity contribution in [1.82, 2.24) is 0 Å². The average Bonchev–Trinajstić information content (AvgIpc) is 2.62. The van der Waals surface area contributed by atoms with Crippen molar-refractivity contribution in [1.29, 1.82) is 0 Å². The molecule has 0 atom stereocenters. The first-order valence-electron chi connectivity index (χ1n) is 6.19. The van der Waals surface area contributed by atoms with Crippen molar-refractivity contribution in [2.75, 3.05) is 0 Å². The van der Waals surface area contributed by atoms with Gasteiger partial charge in [-0.1, -0.05) is 30.3 Å². The number of nitrogens with zero attached hydrogens (tertiary/aromatic N) is 1. The van der Waals surface area contributed by atoms with Crippen molar-refractivity contribution < 1.29 is 9.53 Å². The van der Waals surface area contributed by atoms with Crippen LogP contribution in [0.3, 0.4) is 0 Å². The van der Waals surface area contributed by atoms with Crippen LogP contribution in [0.2, 0.25) is 0 Å². The highest BCUT2D eigenvalue weighted by molar-refractivity contribution is 5.90. The molecule has 18 heavy (non-hydrogen) atoms. The summed E-state index contributed by atoms with van der Waals surface area (Å²) in [7, 11) is 0. The SMILES string of the molecule is CC1=NC=C(C(=O)OCc2ccccc2)CCC1. The van der Waals surface area contributed by atoms with Gasteiger partial charge in [0.2, 0.25) is 0 Å². The summed E-state index contributed by atoms with van der Waals surface area (Å²) in [5, 5.41) is 0. The van der Waals surface area contributed by atoms with E-state index in [1.165, 1.54) is 0 Å². The van der Waals surface area contributed by atoms with Crippen LogP contribution in [0, 0.1) is 0 Å². The fourth-order valence-corrected chi connectivity index (χ4v) is 1.82. The van der Waals surface area contributed by atoms with Gasteiger partial charge < -0.3 is 4.74 Å². The Kier molecular flexibility index (Phi) is 4.29. The number of rotatable bonds is 3. The van der Waals surface area contributed by atoms with Crippen LogP contribution in [0.4, 0.5) is 0 Å². The summed E-state index contributed by atoms with van der Waals surface area (Å²) in [6.07, 6.45) is 4.30. The number of hydrogen-bond donors (Lipinski definition) is 0. The normalized spacial score (nSPS) is 15.4. The van der Waals surface area contributed by atoms with Crippen molar-refractivity contribution in [3.05, 3.63) is 47.7 Å². The molecule has 0 unspecified atom stereocenters. The number of carbonyl (C=O) groups excluding carboxylic acids is 1. The molecule has 0 amide bonds. The fourth-order valence-electron chi connectivity index (χ4n) is 1.82. The molecule has 0 aliphatic carbocycles. The van der Waals surface area contributed by atoms with Gasteiger partial charge in [-0.2, -0.15) is 0 Å². The van der Waals surface area contributed by atoms with Gasteiger partial charge in [-0.3, -0.25) is 4.99 Å². The Bertz CT molecular complexity index is 475. The molecule has 0 saturated carbocycles. The molecule has 0 aromatic heterocycles. The lowest BCUT2D eigenvalue weighted by atomic mass is 10.1. The Morgan fingerprint density at radius 1 is 1.28 bits per heavy atom. The third kappa shape index (κ3) is 3.55. The first-order valence-corrected chi connectivity index (χ1v) is 6.19. The van der Waals surface area contributed by atoms with Gasteiger partial charge in [0.25, 0.3) is 0 Å². The van der Waals surface area contributed by atoms with Crippen LogP contribution < -0.4 is 0 Å². The average molecular weight is 243 g/mol. The molecule has 0 spiro atoms. The van der Waals surface area contributed by atoms with Gasteiger partial charge in [-0.15, -0.1) is 0 Å². The van der Waals surface area contributed by atoms with Crippen molar-refractivity contribution in [3.63, 3.8) is 0 Å². The largest absolute Gasteiger partial charge is 0.457 e. The summed E-state index contributed by atoms with van der Waals surface area (Å²) in [6, 6.07) is 9.69. The number of aliphatic imine (C=N–C) groups is 1. The minimum atomic E-state index is -0.252. The molecule has 94 valence electrons. The molecule has 3 nitrogen and oxygen atoms in total. The third-order valence-corrected chi connectivity index (χ3v) is 2.90. The molecule has 1 aromatic rings. The summed E-state index contributed by atoms with van der Waals surface area (Å²) < 4.78 is 5.28. The highest BCUT2D eigenvalue weighted by Crippen LogP contribution is 2.15. The van der Waals surface area contributed by atoms with E-state index in [1.54, 1.807) is 6.20 Å². The number of carbonyl (C=O) groups is 1. The lowest BCUT2D eigenvalue weighted by molar-refractivity contribution is -0.140. The molecule has 1 aromatic carbocycles. The number of hydrogen-bond acceptors (Lipinski definition) is 3. The molecule has 1 aliphatic heterocycles. The van der Waals surface area contributed by atoms with Crippen molar-refractivity contribution >= 4 is 11.7 Å². The predicted molar refractivity (Wildman–Crippen MR) is 71.3 cm³/mol. The van der Waals surface area contributed by atoms with Gasteiger partial charge in [0.1, 0.15) is 6.61 Å². The monoisotopic (exact) mass is 243 g/mol. The summed E-state index contributed by atoms with van der Waals surface area (Å²) in [4.78, 5) is 16.1. The van der Waals surface area contributed by atoms with Crippen LogP contribution in [0.5, 0.6) is 0 Å². The summed E-state index contributed by atoms with van der Waals surface area (Å²) >= 11 is 0. The predicted octanol–water partition coefficient (Wildman–Crippen LogP) is 3.26. The maximum Gasteiger partial charge on any atom is 0.335 e. The number of ether oxygens (including phenoxy) is 1. The topological polar surface area (TPSA) is 38.7 Å². The molecule has 2 rings (SSSR count). The zero-order valence-electron chi connectivity index (χ0n) is 10.6. The highest BCUT2D eigenvalue weighted by atomic mass is 16.5. The maximum absolute atomic E-state index is 11.9. The standard InChI is InChI=1S/C15H17NO2/c1-12-6-5-9-14(10-16-12)15(17)18-11-13-7-3-2-4-8-13/h2-4,7-8,10H,5-6,9,11H2,1H3. The molecule has 0 N–H and O–H groups in total. The molecule has 0 saturated heterocycles. The van der Waals surface area contributed by atoms with E-state index >= 15 is 0 Å². The highest BCUT2D eigenvalue weighted by Gasteiger charge is 2.13. The second-order valence-electron chi connectivity index (χ2n) is 4.43. The maximum atomic E-state index is 11.9. The second kappa shape index (κ2) is 6.15. The van der Waals surface area contributed by atoms with Crippen molar-refractivity contribution in [2.45, 2.75) is 32.8 Å². The van der Waals surface area contributed by atoms with E-state index in [-0.39, 0.29) is 5.97 Å². The molecular weight excluding hydrogens is 226 g/mol. The molecule has 1 heterocycles. The summed E-state index contributed by atoms with van der Waals surface area (Å²) in [5.41, 5.74) is 2.74. The van der Waals surface area contributed by atoms with Gasteiger partial charge in [-0.25, -0.2) is 4.79 Å². The Morgan fingerprint density at radius 3 is 2.83 bits per heavy atom. The zero-order chi connectivity index (χ0) is 12.8. The fraction of sp³-hybridized carbons (Fsp3) is 0.333. The van der Waals surface area contributed by atoms with Gasteiger partial charge in [-0.05, 0) is 31.7 Å². The van der Waals surface area contributed by atoms with Crippen LogP contribution in [0.1, 0.15) is 31.7 Å². The summed E-state index contributed by atoms with van der Waals surface area (Å²) in [5.74, 6) is -0.252. The summed E-state index contributed by atoms with van der Waals surface area (Å²) in [6.45, 7) is 2.30. The van der Waals surface area contributed by atoms with Crippen LogP contribution in [0.25, 0.3) is 0 Å². The Morgan fingerprint density at radius 2 is 2.06 bits per heavy atom. The van der Waals surface area contributed by atoms with Crippen molar-refractivity contribution in [2.24, 2.45) is 4.99 Å². The molecule has 0 bridgehead atoms. The molecule has 0 fully saturated rings. The smallest absolute Gasteiger partial charge is 0.335 e. The Labute approximate surface area is 107 Å². The van der Waals surface area contributed by atoms with E-state index in [2.05, 4.69) is 4.99 Å². The minimum absolute atomic E-state index is 0.252. The van der Waals surface area contributed by atoms with E-state index in [0.29, 0.717) is 12.2 Å². The Balaban J connectivity index is 1.92. The lowest BCUT2D eigenvalue weighted by Gasteiger charge is -2.06. The van der Waals surface area contributed by atoms with Crippen LogP contribution in [-0.2, 0) is 16.1 Å². The van der Waals surface area contributed by atoms with E-state index < -0.39 is 0 Å². The lowest BCUT2D eigenvalue weighted by Crippen LogP contribution is -2.07. The van der Waals surface area contributed by atoms with Gasteiger partial charge in [0, 0.05) is 11.9 Å². The first kappa shape index (κ1) is 12.6.